The molecule has 2 N–H and O–H groups in total. The minimum absolute atomic E-state index is 0.720. The molecule has 0 amide bonds. The highest BCUT2D eigenvalue weighted by molar-refractivity contribution is 5.73. The van der Waals surface area contributed by atoms with E-state index in [-0.39, 0.29) is 0 Å². The van der Waals surface area contributed by atoms with Gasteiger partial charge in [-0.2, -0.15) is 0 Å². The van der Waals surface area contributed by atoms with E-state index in [2.05, 4.69) is 16.9 Å². The maximum atomic E-state index is 5.16. The number of hydrogen-bond donors (Lipinski definition) is 1. The van der Waals surface area contributed by atoms with Gasteiger partial charge in [0.2, 0.25) is 0 Å². The summed E-state index contributed by atoms with van der Waals surface area (Å²) < 4.78 is 0. The second-order valence-corrected chi connectivity index (χ2v) is 2.54. The Hall–Kier alpha value is -1.64. The Balaban J connectivity index is 2.77. The van der Waals surface area contributed by atoms with Crippen molar-refractivity contribution < 1.29 is 0 Å². The van der Waals surface area contributed by atoms with Gasteiger partial charge in [-0.25, -0.2) is 9.98 Å². The summed E-state index contributed by atoms with van der Waals surface area (Å²) in [4.78, 5) is 8.19. The number of aryl methyl sites for hydroxylation is 1. The predicted octanol–water partition coefficient (Wildman–Crippen LogP) is 1.82. The van der Waals surface area contributed by atoms with Gasteiger partial charge in [-0.15, -0.1) is 0 Å². The topological polar surface area (TPSA) is 51.3 Å². The van der Waals surface area contributed by atoms with Gasteiger partial charge < -0.3 is 5.73 Å². The van der Waals surface area contributed by atoms with Crippen LogP contribution in [0.1, 0.15) is 12.5 Å². The molecule has 0 saturated heterocycles. The number of nitrogens with zero attached hydrogens (tertiary/aromatic N) is 2. The summed E-state index contributed by atoms with van der Waals surface area (Å²) in [5, 5.41) is 0. The van der Waals surface area contributed by atoms with E-state index >= 15 is 0 Å². The molecule has 0 atom stereocenters. The number of nitrogens with two attached hydrogens (primary N) is 1. The van der Waals surface area contributed by atoms with E-state index in [1.807, 2.05) is 12.1 Å². The first-order valence-electron chi connectivity index (χ1n) is 4.22. The van der Waals surface area contributed by atoms with E-state index in [9.17, 15) is 0 Å². The molecule has 0 radical (unpaired) electrons. The van der Waals surface area contributed by atoms with E-state index in [0.29, 0.717) is 0 Å². The fourth-order valence-corrected chi connectivity index (χ4v) is 0.920. The molecule has 1 heterocycles. The summed E-state index contributed by atoms with van der Waals surface area (Å²) in [5.74, 6) is 0.720. The van der Waals surface area contributed by atoms with Crippen LogP contribution in [0.15, 0.2) is 35.6 Å². The second kappa shape index (κ2) is 5.09. The van der Waals surface area contributed by atoms with Crippen LogP contribution in [0.25, 0.3) is 0 Å². The van der Waals surface area contributed by atoms with Crippen molar-refractivity contribution in [3.05, 3.63) is 36.2 Å². The van der Waals surface area contributed by atoms with Crippen LogP contribution in [0.2, 0.25) is 0 Å². The lowest BCUT2D eigenvalue weighted by atomic mass is 10.2. The highest BCUT2D eigenvalue weighted by Crippen LogP contribution is 2.09. The zero-order chi connectivity index (χ0) is 9.52. The van der Waals surface area contributed by atoms with Crippen molar-refractivity contribution in [1.82, 2.24) is 4.98 Å². The van der Waals surface area contributed by atoms with Crippen molar-refractivity contribution in [3.8, 4) is 0 Å². The molecule has 0 unspecified atom stereocenters. The van der Waals surface area contributed by atoms with Crippen LogP contribution >= 0.6 is 0 Å². The molecule has 0 spiro atoms. The van der Waals surface area contributed by atoms with E-state index in [1.165, 1.54) is 11.8 Å². The Kier molecular flexibility index (Phi) is 3.70. The Bertz CT molecular complexity index is 316. The van der Waals surface area contributed by atoms with E-state index < -0.39 is 0 Å². The predicted molar refractivity (Wildman–Crippen MR) is 55.1 cm³/mol. The van der Waals surface area contributed by atoms with Gasteiger partial charge in [0.25, 0.3) is 0 Å². The number of allylic oxidation sites excluding steroid dienone is 1. The van der Waals surface area contributed by atoms with Crippen molar-refractivity contribution in [1.29, 1.82) is 0 Å². The highest BCUT2D eigenvalue weighted by atomic mass is 14.9. The van der Waals surface area contributed by atoms with Gasteiger partial charge in [0, 0.05) is 12.4 Å². The normalized spacial score (nSPS) is 11.5. The molecular weight excluding hydrogens is 162 g/mol. The third-order valence-corrected chi connectivity index (χ3v) is 1.62. The maximum absolute atomic E-state index is 5.16. The lowest BCUT2D eigenvalue weighted by Gasteiger charge is -1.95. The zero-order valence-corrected chi connectivity index (χ0v) is 7.64. The van der Waals surface area contributed by atoms with Crippen molar-refractivity contribution in [3.63, 3.8) is 0 Å². The molecule has 0 saturated carbocycles. The third kappa shape index (κ3) is 3.07. The molecule has 3 heteroatoms. The minimum Gasteiger partial charge on any atom is -0.405 e. The maximum Gasteiger partial charge on any atom is 0.151 e. The highest BCUT2D eigenvalue weighted by Gasteiger charge is 1.90. The summed E-state index contributed by atoms with van der Waals surface area (Å²) >= 11 is 0. The number of aromatic nitrogens is 1. The molecule has 0 aliphatic rings. The number of pyridine rings is 1. The summed E-state index contributed by atoms with van der Waals surface area (Å²) in [6.07, 6.45) is 7.49. The Labute approximate surface area is 78.0 Å². The van der Waals surface area contributed by atoms with Crippen molar-refractivity contribution in [2.75, 3.05) is 0 Å². The fourth-order valence-electron chi connectivity index (χ4n) is 0.920. The van der Waals surface area contributed by atoms with Crippen molar-refractivity contribution in [2.24, 2.45) is 10.7 Å². The first kappa shape index (κ1) is 9.45. The van der Waals surface area contributed by atoms with Gasteiger partial charge in [0.15, 0.2) is 5.82 Å². The molecule has 0 aliphatic carbocycles. The van der Waals surface area contributed by atoms with E-state index in [1.54, 1.807) is 18.5 Å². The molecule has 1 aromatic heterocycles. The minimum atomic E-state index is 0.720. The van der Waals surface area contributed by atoms with Gasteiger partial charge in [-0.05, 0) is 36.4 Å². The quantitative estimate of drug-likeness (QED) is 0.712. The standard InChI is InChI=1S/C10H13N3/c1-2-9-4-7-13-10(8-9)12-6-3-5-11/h3-8H,2,11H2,1H3. The molecule has 0 fully saturated rings. The van der Waals surface area contributed by atoms with Gasteiger partial charge in [0.05, 0.1) is 0 Å². The summed E-state index contributed by atoms with van der Waals surface area (Å²) in [7, 11) is 0. The number of rotatable bonds is 3. The monoisotopic (exact) mass is 175 g/mol. The third-order valence-electron chi connectivity index (χ3n) is 1.62. The summed E-state index contributed by atoms with van der Waals surface area (Å²) in [6, 6.07) is 3.94. The van der Waals surface area contributed by atoms with Gasteiger partial charge in [-0.3, -0.25) is 0 Å². The van der Waals surface area contributed by atoms with Crippen LogP contribution in [0.3, 0.4) is 0 Å². The SMILES string of the molecule is CCc1ccnc(N=CC=CN)c1. The smallest absolute Gasteiger partial charge is 0.151 e. The largest absolute Gasteiger partial charge is 0.405 e. The van der Waals surface area contributed by atoms with Crippen molar-refractivity contribution in [2.45, 2.75) is 13.3 Å². The fraction of sp³-hybridized carbons (Fsp3) is 0.200. The molecule has 0 aliphatic heterocycles. The molecule has 68 valence electrons. The van der Waals surface area contributed by atoms with E-state index in [0.717, 1.165) is 12.2 Å². The Morgan fingerprint density at radius 2 is 2.46 bits per heavy atom. The van der Waals surface area contributed by atoms with Crippen LogP contribution in [0, 0.1) is 0 Å². The molecule has 1 aromatic rings. The average Bonchev–Trinajstić information content (AvgIpc) is 2.19. The first-order valence-corrected chi connectivity index (χ1v) is 4.22. The average molecular weight is 175 g/mol. The molecule has 0 aromatic carbocycles. The summed E-state index contributed by atoms with van der Waals surface area (Å²) in [5.41, 5.74) is 6.39. The molecule has 3 nitrogen and oxygen atoms in total. The number of aliphatic imine (C=N–C) groups is 1. The van der Waals surface area contributed by atoms with Crippen molar-refractivity contribution >= 4 is 12.0 Å². The summed E-state index contributed by atoms with van der Waals surface area (Å²) in [6.45, 7) is 2.10. The molecular formula is C10H13N3. The lowest BCUT2D eigenvalue weighted by Crippen LogP contribution is -1.81. The van der Waals surface area contributed by atoms with Crippen LogP contribution in [-0.2, 0) is 6.42 Å². The Morgan fingerprint density at radius 3 is 3.15 bits per heavy atom. The lowest BCUT2D eigenvalue weighted by molar-refractivity contribution is 1.11. The molecule has 0 bridgehead atoms. The Morgan fingerprint density at radius 1 is 1.62 bits per heavy atom. The second-order valence-electron chi connectivity index (χ2n) is 2.54. The van der Waals surface area contributed by atoms with Crippen LogP contribution in [0.4, 0.5) is 5.82 Å². The van der Waals surface area contributed by atoms with Crippen LogP contribution in [-0.4, -0.2) is 11.2 Å². The van der Waals surface area contributed by atoms with Gasteiger partial charge >= 0.3 is 0 Å². The first-order chi connectivity index (χ1) is 6.36. The van der Waals surface area contributed by atoms with Gasteiger partial charge in [0.1, 0.15) is 0 Å². The number of hydrogen-bond acceptors (Lipinski definition) is 3. The molecule has 1 rings (SSSR count). The molecule has 13 heavy (non-hydrogen) atoms. The van der Waals surface area contributed by atoms with Crippen LogP contribution < -0.4 is 5.73 Å². The van der Waals surface area contributed by atoms with Gasteiger partial charge in [-0.1, -0.05) is 6.92 Å². The van der Waals surface area contributed by atoms with Crippen LogP contribution in [0.5, 0.6) is 0 Å². The van der Waals surface area contributed by atoms with E-state index in [4.69, 9.17) is 5.73 Å². The zero-order valence-electron chi connectivity index (χ0n) is 7.64.